The maximum atomic E-state index is 11.1. The van der Waals surface area contributed by atoms with E-state index >= 15 is 0 Å². The van der Waals surface area contributed by atoms with Crippen molar-refractivity contribution in [3.63, 3.8) is 0 Å². The summed E-state index contributed by atoms with van der Waals surface area (Å²) in [4.78, 5) is 24.1. The highest BCUT2D eigenvalue weighted by Gasteiger charge is 2.25. The average molecular weight is 293 g/mol. The van der Waals surface area contributed by atoms with Gasteiger partial charge in [-0.25, -0.2) is 4.79 Å². The predicted molar refractivity (Wildman–Crippen MR) is 80.4 cm³/mol. The Morgan fingerprint density at radius 1 is 1.24 bits per heavy atom. The van der Waals surface area contributed by atoms with Gasteiger partial charge in [-0.15, -0.1) is 0 Å². The Bertz CT molecular complexity index is 519. The molecule has 0 saturated heterocycles. The molecule has 2 N–H and O–H groups in total. The lowest BCUT2D eigenvalue weighted by Crippen LogP contribution is -2.44. The minimum Gasteiger partial charge on any atom is -0.481 e. The fourth-order valence-electron chi connectivity index (χ4n) is 2.01. The number of aromatic carboxylic acids is 1. The Balaban J connectivity index is 2.94. The quantitative estimate of drug-likeness (QED) is 0.843. The van der Waals surface area contributed by atoms with E-state index in [1.54, 1.807) is 25.1 Å². The molecular formula is C16H23NO4. The predicted octanol–water partition coefficient (Wildman–Crippen LogP) is 2.71. The summed E-state index contributed by atoms with van der Waals surface area (Å²) in [6, 6.07) is 6.75. The van der Waals surface area contributed by atoms with Gasteiger partial charge in [-0.3, -0.25) is 9.69 Å². The van der Waals surface area contributed by atoms with Crippen molar-refractivity contribution in [2.45, 2.75) is 39.8 Å². The SMILES string of the molecule is CC(CN(Cc1cccc(C(=O)O)c1)C(C)(C)C)C(=O)O. The van der Waals surface area contributed by atoms with E-state index in [2.05, 4.69) is 0 Å². The van der Waals surface area contributed by atoms with E-state index in [1.807, 2.05) is 31.7 Å². The molecule has 1 aromatic rings. The van der Waals surface area contributed by atoms with Crippen LogP contribution in [0.15, 0.2) is 24.3 Å². The molecular weight excluding hydrogens is 270 g/mol. The summed E-state index contributed by atoms with van der Waals surface area (Å²) in [5.41, 5.74) is 0.901. The summed E-state index contributed by atoms with van der Waals surface area (Å²) >= 11 is 0. The smallest absolute Gasteiger partial charge is 0.335 e. The van der Waals surface area contributed by atoms with Crippen LogP contribution in [-0.4, -0.2) is 39.1 Å². The van der Waals surface area contributed by atoms with E-state index in [-0.39, 0.29) is 11.1 Å². The van der Waals surface area contributed by atoms with Gasteiger partial charge in [-0.1, -0.05) is 19.1 Å². The van der Waals surface area contributed by atoms with Gasteiger partial charge in [-0.05, 0) is 38.5 Å². The summed E-state index contributed by atoms with van der Waals surface area (Å²) in [6.45, 7) is 8.65. The van der Waals surface area contributed by atoms with Crippen molar-refractivity contribution < 1.29 is 19.8 Å². The standard InChI is InChI=1S/C16H23NO4/c1-11(14(18)19)9-17(16(2,3)4)10-12-6-5-7-13(8-12)15(20)21/h5-8,11H,9-10H2,1-4H3,(H,18,19)(H,20,21). The van der Waals surface area contributed by atoms with Gasteiger partial charge in [0.1, 0.15) is 0 Å². The van der Waals surface area contributed by atoms with Crippen LogP contribution in [0.1, 0.15) is 43.6 Å². The molecule has 1 atom stereocenters. The van der Waals surface area contributed by atoms with Gasteiger partial charge in [0.2, 0.25) is 0 Å². The first-order valence-electron chi connectivity index (χ1n) is 6.91. The summed E-state index contributed by atoms with van der Waals surface area (Å²) in [6.07, 6.45) is 0. The van der Waals surface area contributed by atoms with Crippen molar-refractivity contribution in [3.8, 4) is 0 Å². The fourth-order valence-corrected chi connectivity index (χ4v) is 2.01. The van der Waals surface area contributed by atoms with Crippen LogP contribution in [0.4, 0.5) is 0 Å². The molecule has 5 heteroatoms. The second kappa shape index (κ2) is 6.72. The Morgan fingerprint density at radius 2 is 1.86 bits per heavy atom. The van der Waals surface area contributed by atoms with Gasteiger partial charge < -0.3 is 10.2 Å². The highest BCUT2D eigenvalue weighted by Crippen LogP contribution is 2.20. The van der Waals surface area contributed by atoms with Gasteiger partial charge in [0.25, 0.3) is 0 Å². The highest BCUT2D eigenvalue weighted by atomic mass is 16.4. The molecule has 0 spiro atoms. The van der Waals surface area contributed by atoms with Crippen LogP contribution in [0, 0.1) is 5.92 Å². The van der Waals surface area contributed by atoms with Gasteiger partial charge in [0, 0.05) is 18.6 Å². The molecule has 5 nitrogen and oxygen atoms in total. The molecule has 21 heavy (non-hydrogen) atoms. The van der Waals surface area contributed by atoms with Gasteiger partial charge >= 0.3 is 11.9 Å². The van der Waals surface area contributed by atoms with Crippen molar-refractivity contribution >= 4 is 11.9 Å². The minimum atomic E-state index is -0.960. The second-order valence-corrected chi connectivity index (χ2v) is 6.30. The number of carboxylic acids is 2. The molecule has 0 bridgehead atoms. The van der Waals surface area contributed by atoms with Crippen molar-refractivity contribution in [1.29, 1.82) is 0 Å². The van der Waals surface area contributed by atoms with Crippen LogP contribution >= 0.6 is 0 Å². The molecule has 0 aliphatic heterocycles. The lowest BCUT2D eigenvalue weighted by molar-refractivity contribution is -0.142. The van der Waals surface area contributed by atoms with Crippen LogP contribution in [-0.2, 0) is 11.3 Å². The van der Waals surface area contributed by atoms with E-state index in [9.17, 15) is 9.59 Å². The van der Waals surface area contributed by atoms with Gasteiger partial charge in [-0.2, -0.15) is 0 Å². The van der Waals surface area contributed by atoms with Crippen LogP contribution in [0.25, 0.3) is 0 Å². The zero-order chi connectivity index (χ0) is 16.2. The summed E-state index contributed by atoms with van der Waals surface area (Å²) < 4.78 is 0. The third-order valence-corrected chi connectivity index (χ3v) is 3.41. The molecule has 0 radical (unpaired) electrons. The number of carbonyl (C=O) groups is 2. The molecule has 0 saturated carbocycles. The molecule has 1 rings (SSSR count). The topological polar surface area (TPSA) is 77.8 Å². The monoisotopic (exact) mass is 293 g/mol. The number of aliphatic carboxylic acids is 1. The number of rotatable bonds is 6. The Hall–Kier alpha value is -1.88. The van der Waals surface area contributed by atoms with E-state index in [0.29, 0.717) is 13.1 Å². The molecule has 0 amide bonds. The summed E-state index contributed by atoms with van der Waals surface area (Å²) in [5, 5.41) is 18.1. The van der Waals surface area contributed by atoms with Crippen molar-refractivity contribution in [1.82, 2.24) is 4.90 Å². The first kappa shape index (κ1) is 17.2. The lowest BCUT2D eigenvalue weighted by atomic mass is 10.0. The van der Waals surface area contributed by atoms with Crippen molar-refractivity contribution in [2.75, 3.05) is 6.54 Å². The van der Waals surface area contributed by atoms with E-state index in [4.69, 9.17) is 10.2 Å². The fraction of sp³-hybridized carbons (Fsp3) is 0.500. The lowest BCUT2D eigenvalue weighted by Gasteiger charge is -2.36. The first-order valence-corrected chi connectivity index (χ1v) is 6.91. The number of benzene rings is 1. The van der Waals surface area contributed by atoms with Crippen molar-refractivity contribution in [3.05, 3.63) is 35.4 Å². The molecule has 1 unspecified atom stereocenters. The van der Waals surface area contributed by atoms with Gasteiger partial charge in [0.15, 0.2) is 0 Å². The average Bonchev–Trinajstić information content (AvgIpc) is 2.36. The summed E-state index contributed by atoms with van der Waals surface area (Å²) in [5.74, 6) is -2.27. The van der Waals surface area contributed by atoms with Crippen LogP contribution < -0.4 is 0 Å². The first-order chi connectivity index (χ1) is 9.61. The number of hydrogen-bond acceptors (Lipinski definition) is 3. The Morgan fingerprint density at radius 3 is 2.33 bits per heavy atom. The second-order valence-electron chi connectivity index (χ2n) is 6.30. The minimum absolute atomic E-state index is 0.205. The van der Waals surface area contributed by atoms with E-state index < -0.39 is 17.9 Å². The van der Waals surface area contributed by atoms with Crippen molar-refractivity contribution in [2.24, 2.45) is 5.92 Å². The molecule has 0 fully saturated rings. The molecule has 0 aliphatic rings. The molecule has 116 valence electrons. The molecule has 0 aliphatic carbocycles. The number of hydrogen-bond donors (Lipinski definition) is 2. The zero-order valence-corrected chi connectivity index (χ0v) is 13.0. The summed E-state index contributed by atoms with van der Waals surface area (Å²) in [7, 11) is 0. The third kappa shape index (κ3) is 5.19. The Kier molecular flexibility index (Phi) is 5.49. The largest absolute Gasteiger partial charge is 0.481 e. The maximum absolute atomic E-state index is 11.1. The number of nitrogens with zero attached hydrogens (tertiary/aromatic N) is 1. The maximum Gasteiger partial charge on any atom is 0.335 e. The van der Waals surface area contributed by atoms with Gasteiger partial charge in [0.05, 0.1) is 11.5 Å². The highest BCUT2D eigenvalue weighted by molar-refractivity contribution is 5.87. The molecule has 0 heterocycles. The van der Waals surface area contributed by atoms with Crippen LogP contribution in [0.5, 0.6) is 0 Å². The number of carboxylic acid groups (broad SMARTS) is 2. The van der Waals surface area contributed by atoms with Crippen LogP contribution in [0.3, 0.4) is 0 Å². The third-order valence-electron chi connectivity index (χ3n) is 3.41. The zero-order valence-electron chi connectivity index (χ0n) is 13.0. The normalized spacial score (nSPS) is 13.2. The van der Waals surface area contributed by atoms with E-state index in [0.717, 1.165) is 5.56 Å². The molecule has 0 aromatic heterocycles. The Labute approximate surface area is 125 Å². The van der Waals surface area contributed by atoms with Crippen LogP contribution in [0.2, 0.25) is 0 Å². The van der Waals surface area contributed by atoms with E-state index in [1.165, 1.54) is 0 Å². The molecule has 1 aromatic carbocycles.